The predicted molar refractivity (Wildman–Crippen MR) is 102 cm³/mol. The largest absolute Gasteiger partial charge is 0.469 e. The van der Waals surface area contributed by atoms with Crippen molar-refractivity contribution in [3.63, 3.8) is 0 Å². The van der Waals surface area contributed by atoms with Crippen LogP contribution in [0.3, 0.4) is 0 Å². The molecule has 6 nitrogen and oxygen atoms in total. The standard InChI is InChI=1S/C21H24N2O4/c1-26-20(24)11-10-14(12-22)23-21(25)27-13-19-17-8-4-2-6-15(17)16-7-3-5-9-18(16)19/h2-9,14,19H,10-13,22H2,1H3,(H,23,25)/t14-/m0/s1. The molecule has 2 aromatic carbocycles. The average Bonchev–Trinajstić information content (AvgIpc) is 3.03. The highest BCUT2D eigenvalue weighted by Gasteiger charge is 2.29. The Morgan fingerprint density at radius 2 is 1.67 bits per heavy atom. The molecule has 0 saturated carbocycles. The van der Waals surface area contributed by atoms with Gasteiger partial charge in [-0.3, -0.25) is 4.79 Å². The number of nitrogens with two attached hydrogens (primary N) is 1. The lowest BCUT2D eigenvalue weighted by Gasteiger charge is -2.18. The number of hydrogen-bond acceptors (Lipinski definition) is 5. The molecule has 2 aromatic rings. The Kier molecular flexibility index (Phi) is 6.08. The second-order valence-electron chi connectivity index (χ2n) is 6.52. The third-order valence-electron chi connectivity index (χ3n) is 4.87. The minimum atomic E-state index is -0.530. The van der Waals surface area contributed by atoms with E-state index in [2.05, 4.69) is 34.3 Å². The van der Waals surface area contributed by atoms with Gasteiger partial charge in [0.1, 0.15) is 6.61 Å². The summed E-state index contributed by atoms with van der Waals surface area (Å²) in [6.07, 6.45) is 0.0761. The van der Waals surface area contributed by atoms with E-state index >= 15 is 0 Å². The van der Waals surface area contributed by atoms with Crippen LogP contribution < -0.4 is 11.1 Å². The van der Waals surface area contributed by atoms with Crippen LogP contribution in [0.5, 0.6) is 0 Å². The van der Waals surface area contributed by atoms with E-state index in [-0.39, 0.29) is 37.5 Å². The molecule has 0 aromatic heterocycles. The molecule has 142 valence electrons. The molecule has 0 heterocycles. The predicted octanol–water partition coefficient (Wildman–Crippen LogP) is 2.81. The summed E-state index contributed by atoms with van der Waals surface area (Å²) in [5, 5.41) is 2.72. The highest BCUT2D eigenvalue weighted by molar-refractivity contribution is 5.79. The topological polar surface area (TPSA) is 90.6 Å². The van der Waals surface area contributed by atoms with Crippen LogP contribution in [-0.4, -0.2) is 38.4 Å². The first kappa shape index (κ1) is 18.9. The molecule has 1 aliphatic carbocycles. The number of methoxy groups -OCH3 is 1. The van der Waals surface area contributed by atoms with Crippen molar-refractivity contribution in [2.75, 3.05) is 20.3 Å². The minimum Gasteiger partial charge on any atom is -0.469 e. The summed E-state index contributed by atoms with van der Waals surface area (Å²) < 4.78 is 10.1. The van der Waals surface area contributed by atoms with E-state index in [9.17, 15) is 9.59 Å². The summed E-state index contributed by atoms with van der Waals surface area (Å²) in [6.45, 7) is 0.468. The lowest BCUT2D eigenvalue weighted by atomic mass is 9.98. The van der Waals surface area contributed by atoms with Gasteiger partial charge in [-0.25, -0.2) is 4.79 Å². The van der Waals surface area contributed by atoms with E-state index in [0.29, 0.717) is 6.42 Å². The fraction of sp³-hybridized carbons (Fsp3) is 0.333. The molecule has 0 saturated heterocycles. The number of alkyl carbamates (subject to hydrolysis) is 1. The van der Waals surface area contributed by atoms with Crippen LogP contribution >= 0.6 is 0 Å². The lowest BCUT2D eigenvalue weighted by molar-refractivity contribution is -0.140. The van der Waals surface area contributed by atoms with Crippen LogP contribution in [0.15, 0.2) is 48.5 Å². The van der Waals surface area contributed by atoms with Gasteiger partial charge in [-0.2, -0.15) is 0 Å². The van der Waals surface area contributed by atoms with Gasteiger partial charge in [-0.15, -0.1) is 0 Å². The Labute approximate surface area is 158 Å². The molecule has 0 spiro atoms. The first-order chi connectivity index (χ1) is 13.1. The SMILES string of the molecule is COC(=O)CC[C@@H](CN)NC(=O)OCC1c2ccccc2-c2ccccc21. The number of ether oxygens (including phenoxy) is 2. The quantitative estimate of drug-likeness (QED) is 0.734. The number of nitrogens with one attached hydrogen (secondary N) is 1. The zero-order valence-corrected chi connectivity index (χ0v) is 15.3. The smallest absolute Gasteiger partial charge is 0.407 e. The number of esters is 1. The maximum atomic E-state index is 12.2. The van der Waals surface area contributed by atoms with E-state index in [1.165, 1.54) is 18.2 Å². The lowest BCUT2D eigenvalue weighted by Crippen LogP contribution is -2.41. The van der Waals surface area contributed by atoms with Gasteiger partial charge in [0.05, 0.1) is 7.11 Å². The third-order valence-corrected chi connectivity index (χ3v) is 4.87. The number of amides is 1. The molecule has 1 atom stereocenters. The first-order valence-electron chi connectivity index (χ1n) is 9.02. The molecular weight excluding hydrogens is 344 g/mol. The summed E-state index contributed by atoms with van der Waals surface area (Å²) in [5.41, 5.74) is 10.4. The highest BCUT2D eigenvalue weighted by Crippen LogP contribution is 2.44. The normalized spacial score (nSPS) is 13.4. The molecule has 3 rings (SSSR count). The number of carbonyl (C=O) groups excluding carboxylic acids is 2. The van der Waals surface area contributed by atoms with Crippen LogP contribution in [0.4, 0.5) is 4.79 Å². The molecule has 27 heavy (non-hydrogen) atoms. The van der Waals surface area contributed by atoms with Crippen LogP contribution in [-0.2, 0) is 14.3 Å². The first-order valence-corrected chi connectivity index (χ1v) is 9.02. The second kappa shape index (κ2) is 8.68. The number of benzene rings is 2. The van der Waals surface area contributed by atoms with Crippen LogP contribution in [0.2, 0.25) is 0 Å². The van der Waals surface area contributed by atoms with E-state index in [1.807, 2.05) is 24.3 Å². The molecule has 1 amide bonds. The highest BCUT2D eigenvalue weighted by atomic mass is 16.5. The van der Waals surface area contributed by atoms with E-state index < -0.39 is 6.09 Å². The molecule has 0 bridgehead atoms. The van der Waals surface area contributed by atoms with Gasteiger partial charge < -0.3 is 20.5 Å². The number of rotatable bonds is 7. The number of hydrogen-bond donors (Lipinski definition) is 2. The minimum absolute atomic E-state index is 0.00884. The van der Waals surface area contributed by atoms with E-state index in [0.717, 1.165) is 11.1 Å². The van der Waals surface area contributed by atoms with Crippen LogP contribution in [0, 0.1) is 0 Å². The van der Waals surface area contributed by atoms with Gasteiger partial charge in [0.15, 0.2) is 0 Å². The monoisotopic (exact) mass is 368 g/mol. The molecule has 3 N–H and O–H groups in total. The Bertz CT molecular complexity index is 776. The molecule has 0 aliphatic heterocycles. The summed E-state index contributed by atoms with van der Waals surface area (Å²) in [5.74, 6) is -0.322. The summed E-state index contributed by atoms with van der Waals surface area (Å²) in [4.78, 5) is 23.4. The van der Waals surface area contributed by atoms with Crippen molar-refractivity contribution >= 4 is 12.1 Å². The zero-order chi connectivity index (χ0) is 19.2. The fourth-order valence-electron chi connectivity index (χ4n) is 3.45. The van der Waals surface area contributed by atoms with Crippen molar-refractivity contribution < 1.29 is 19.1 Å². The maximum Gasteiger partial charge on any atom is 0.407 e. The van der Waals surface area contributed by atoms with Gasteiger partial charge in [-0.1, -0.05) is 48.5 Å². The van der Waals surface area contributed by atoms with Crippen molar-refractivity contribution in [3.8, 4) is 11.1 Å². The van der Waals surface area contributed by atoms with Crippen molar-refractivity contribution in [2.45, 2.75) is 24.8 Å². The average molecular weight is 368 g/mol. The second-order valence-corrected chi connectivity index (χ2v) is 6.52. The number of carbonyl (C=O) groups is 2. The Morgan fingerprint density at radius 1 is 1.07 bits per heavy atom. The van der Waals surface area contributed by atoms with Gasteiger partial charge in [0, 0.05) is 24.9 Å². The van der Waals surface area contributed by atoms with Crippen molar-refractivity contribution in [3.05, 3.63) is 59.7 Å². The fourth-order valence-corrected chi connectivity index (χ4v) is 3.45. The third kappa shape index (κ3) is 4.28. The van der Waals surface area contributed by atoms with E-state index in [1.54, 1.807) is 0 Å². The van der Waals surface area contributed by atoms with Gasteiger partial charge in [-0.05, 0) is 28.7 Å². The summed E-state index contributed by atoms with van der Waals surface area (Å²) in [6, 6.07) is 16.0. The van der Waals surface area contributed by atoms with Gasteiger partial charge in [0.25, 0.3) is 0 Å². The van der Waals surface area contributed by atoms with E-state index in [4.69, 9.17) is 10.5 Å². The van der Waals surface area contributed by atoms with Crippen LogP contribution in [0.1, 0.15) is 29.9 Å². The van der Waals surface area contributed by atoms with Crippen molar-refractivity contribution in [1.82, 2.24) is 5.32 Å². The molecule has 1 aliphatic rings. The molecule has 0 fully saturated rings. The van der Waals surface area contributed by atoms with Gasteiger partial charge >= 0.3 is 12.1 Å². The molecule has 0 radical (unpaired) electrons. The van der Waals surface area contributed by atoms with Crippen molar-refractivity contribution in [1.29, 1.82) is 0 Å². The number of fused-ring (bicyclic) bond motifs is 3. The van der Waals surface area contributed by atoms with Crippen LogP contribution in [0.25, 0.3) is 11.1 Å². The molecule has 0 unspecified atom stereocenters. The molecule has 6 heteroatoms. The summed E-state index contributed by atoms with van der Waals surface area (Å²) >= 11 is 0. The van der Waals surface area contributed by atoms with Crippen molar-refractivity contribution in [2.24, 2.45) is 5.73 Å². The van der Waals surface area contributed by atoms with Gasteiger partial charge in [0.2, 0.25) is 0 Å². The zero-order valence-electron chi connectivity index (χ0n) is 15.3. The Balaban J connectivity index is 1.61. The molecular formula is C21H24N2O4. The Morgan fingerprint density at radius 3 is 2.22 bits per heavy atom. The Hall–Kier alpha value is -2.86. The summed E-state index contributed by atoms with van der Waals surface area (Å²) in [7, 11) is 1.33. The maximum absolute atomic E-state index is 12.2.